The molecule has 1 aliphatic carbocycles. The number of benzene rings is 1. The van der Waals surface area contributed by atoms with Crippen LogP contribution in [0.4, 0.5) is 11.4 Å². The van der Waals surface area contributed by atoms with Gasteiger partial charge in [0.2, 0.25) is 11.8 Å². The van der Waals surface area contributed by atoms with Gasteiger partial charge in [-0.25, -0.2) is 0 Å². The topological polar surface area (TPSA) is 52.7 Å². The predicted molar refractivity (Wildman–Crippen MR) is 107 cm³/mol. The second-order valence-corrected chi connectivity index (χ2v) is 7.61. The number of amides is 2. The minimum atomic E-state index is 0.0736. The number of carbonyl (C=O) groups excluding carboxylic acids is 2. The molecule has 1 fully saturated rings. The lowest BCUT2D eigenvalue weighted by Gasteiger charge is -2.29. The molecule has 1 atom stereocenters. The van der Waals surface area contributed by atoms with E-state index in [4.69, 9.17) is 0 Å². The van der Waals surface area contributed by atoms with Crippen molar-refractivity contribution in [3.63, 3.8) is 0 Å². The standard InChI is InChI=1S/C21H33N3O2/c1-6-15(2)24(16(3)25)14-18-13-19(11-12-20(18)23(4)5)22-21(26)17-9-7-8-10-17/h11-13,15,17H,6-10,14H2,1-5H3,(H,22,26)/t15-/m0/s1. The first kappa shape index (κ1) is 20.3. The normalized spacial score (nSPS) is 15.6. The molecule has 0 aliphatic heterocycles. The molecule has 1 aliphatic rings. The van der Waals surface area contributed by atoms with Crippen molar-refractivity contribution in [2.75, 3.05) is 24.3 Å². The Bertz CT molecular complexity index is 636. The van der Waals surface area contributed by atoms with E-state index >= 15 is 0 Å². The summed E-state index contributed by atoms with van der Waals surface area (Å²) < 4.78 is 0. The van der Waals surface area contributed by atoms with E-state index < -0.39 is 0 Å². The summed E-state index contributed by atoms with van der Waals surface area (Å²) in [5, 5.41) is 3.08. The number of anilines is 2. The molecule has 2 rings (SSSR count). The Morgan fingerprint density at radius 3 is 2.42 bits per heavy atom. The van der Waals surface area contributed by atoms with Crippen molar-refractivity contribution in [1.29, 1.82) is 0 Å². The maximum absolute atomic E-state index is 12.4. The van der Waals surface area contributed by atoms with E-state index in [1.165, 1.54) is 0 Å². The lowest BCUT2D eigenvalue weighted by molar-refractivity contribution is -0.131. The van der Waals surface area contributed by atoms with E-state index in [0.29, 0.717) is 6.54 Å². The summed E-state index contributed by atoms with van der Waals surface area (Å²) in [5.74, 6) is 0.335. The molecule has 0 unspecified atom stereocenters. The Balaban J connectivity index is 2.24. The highest BCUT2D eigenvalue weighted by Gasteiger charge is 2.23. The zero-order valence-corrected chi connectivity index (χ0v) is 16.8. The van der Waals surface area contributed by atoms with Crippen LogP contribution in [0.15, 0.2) is 18.2 Å². The molecule has 26 heavy (non-hydrogen) atoms. The van der Waals surface area contributed by atoms with E-state index in [1.807, 2.05) is 42.1 Å². The van der Waals surface area contributed by atoms with Crippen molar-refractivity contribution in [3.8, 4) is 0 Å². The highest BCUT2D eigenvalue weighted by Crippen LogP contribution is 2.28. The van der Waals surface area contributed by atoms with Crippen molar-refractivity contribution in [1.82, 2.24) is 4.90 Å². The molecule has 5 nitrogen and oxygen atoms in total. The van der Waals surface area contributed by atoms with E-state index in [9.17, 15) is 9.59 Å². The molecule has 5 heteroatoms. The van der Waals surface area contributed by atoms with Crippen LogP contribution in [0.3, 0.4) is 0 Å². The molecule has 0 bridgehead atoms. The van der Waals surface area contributed by atoms with Crippen LogP contribution < -0.4 is 10.2 Å². The summed E-state index contributed by atoms with van der Waals surface area (Å²) in [4.78, 5) is 28.5. The SMILES string of the molecule is CC[C@H](C)N(Cc1cc(NC(=O)C2CCCC2)ccc1N(C)C)C(C)=O. The summed E-state index contributed by atoms with van der Waals surface area (Å²) in [5.41, 5.74) is 2.93. The summed E-state index contributed by atoms with van der Waals surface area (Å²) in [6, 6.07) is 6.17. The van der Waals surface area contributed by atoms with Gasteiger partial charge in [0, 0.05) is 50.9 Å². The van der Waals surface area contributed by atoms with E-state index in [2.05, 4.69) is 19.2 Å². The quantitative estimate of drug-likeness (QED) is 0.800. The molecule has 1 aromatic rings. The number of nitrogens with one attached hydrogen (secondary N) is 1. The van der Waals surface area contributed by atoms with E-state index in [0.717, 1.165) is 49.0 Å². The molecule has 1 N–H and O–H groups in total. The van der Waals surface area contributed by atoms with Crippen molar-refractivity contribution < 1.29 is 9.59 Å². The van der Waals surface area contributed by atoms with Gasteiger partial charge in [0.1, 0.15) is 0 Å². The molecule has 1 saturated carbocycles. The summed E-state index contributed by atoms with van der Waals surface area (Å²) in [7, 11) is 3.99. The van der Waals surface area contributed by atoms with Gasteiger partial charge in [-0.3, -0.25) is 9.59 Å². The molecule has 2 amide bonds. The molecule has 0 spiro atoms. The van der Waals surface area contributed by atoms with Crippen molar-refractivity contribution in [2.24, 2.45) is 5.92 Å². The van der Waals surface area contributed by atoms with Crippen LogP contribution in [-0.4, -0.2) is 36.9 Å². The molecule has 0 radical (unpaired) electrons. The first-order chi connectivity index (χ1) is 12.3. The number of nitrogens with zero attached hydrogens (tertiary/aromatic N) is 2. The van der Waals surface area contributed by atoms with Gasteiger partial charge in [-0.2, -0.15) is 0 Å². The van der Waals surface area contributed by atoms with Gasteiger partial charge < -0.3 is 15.1 Å². The third-order valence-corrected chi connectivity index (χ3v) is 5.42. The van der Waals surface area contributed by atoms with Gasteiger partial charge in [-0.1, -0.05) is 19.8 Å². The number of hydrogen-bond donors (Lipinski definition) is 1. The van der Waals surface area contributed by atoms with E-state index in [1.54, 1.807) is 6.92 Å². The van der Waals surface area contributed by atoms with Gasteiger partial charge >= 0.3 is 0 Å². The zero-order chi connectivity index (χ0) is 19.3. The maximum Gasteiger partial charge on any atom is 0.227 e. The second-order valence-electron chi connectivity index (χ2n) is 7.61. The Kier molecular flexibility index (Phi) is 7.06. The van der Waals surface area contributed by atoms with Gasteiger partial charge in [0.15, 0.2) is 0 Å². The van der Waals surface area contributed by atoms with Crippen LogP contribution in [0.25, 0.3) is 0 Å². The van der Waals surface area contributed by atoms with Crippen molar-refractivity contribution >= 4 is 23.2 Å². The Hall–Kier alpha value is -2.04. The van der Waals surface area contributed by atoms with Crippen LogP contribution >= 0.6 is 0 Å². The van der Waals surface area contributed by atoms with Gasteiger partial charge in [0.25, 0.3) is 0 Å². The van der Waals surface area contributed by atoms with Crippen LogP contribution in [-0.2, 0) is 16.1 Å². The molecule has 0 heterocycles. The van der Waals surface area contributed by atoms with Crippen LogP contribution in [0.2, 0.25) is 0 Å². The minimum absolute atomic E-state index is 0.0736. The highest BCUT2D eigenvalue weighted by molar-refractivity contribution is 5.93. The first-order valence-electron chi connectivity index (χ1n) is 9.71. The molecular formula is C21H33N3O2. The summed E-state index contributed by atoms with van der Waals surface area (Å²) >= 11 is 0. The Morgan fingerprint density at radius 1 is 1.23 bits per heavy atom. The molecule has 1 aromatic carbocycles. The number of rotatable bonds is 7. The van der Waals surface area contributed by atoms with Gasteiger partial charge in [0.05, 0.1) is 0 Å². The average Bonchev–Trinajstić information content (AvgIpc) is 3.13. The fourth-order valence-electron chi connectivity index (χ4n) is 3.64. The predicted octanol–water partition coefficient (Wildman–Crippen LogP) is 4.03. The lowest BCUT2D eigenvalue weighted by Crippen LogP contribution is -2.36. The number of hydrogen-bond acceptors (Lipinski definition) is 3. The summed E-state index contributed by atoms with van der Waals surface area (Å²) in [6.45, 7) is 6.33. The molecule has 0 saturated heterocycles. The van der Waals surface area contributed by atoms with Gasteiger partial charge in [-0.05, 0) is 49.9 Å². The maximum atomic E-state index is 12.4. The highest BCUT2D eigenvalue weighted by atomic mass is 16.2. The fourth-order valence-corrected chi connectivity index (χ4v) is 3.64. The van der Waals surface area contributed by atoms with E-state index in [-0.39, 0.29) is 23.8 Å². The minimum Gasteiger partial charge on any atom is -0.377 e. The largest absolute Gasteiger partial charge is 0.377 e. The van der Waals surface area contributed by atoms with Crippen LogP contribution in [0.1, 0.15) is 58.4 Å². The summed E-state index contributed by atoms with van der Waals surface area (Å²) in [6.07, 6.45) is 5.17. The third-order valence-electron chi connectivity index (χ3n) is 5.42. The van der Waals surface area contributed by atoms with Crippen molar-refractivity contribution in [3.05, 3.63) is 23.8 Å². The van der Waals surface area contributed by atoms with Crippen LogP contribution in [0.5, 0.6) is 0 Å². The fraction of sp³-hybridized carbons (Fsp3) is 0.619. The van der Waals surface area contributed by atoms with Crippen LogP contribution in [0, 0.1) is 5.92 Å². The lowest BCUT2D eigenvalue weighted by atomic mass is 10.1. The average molecular weight is 360 g/mol. The monoisotopic (exact) mass is 359 g/mol. The number of carbonyl (C=O) groups is 2. The molecule has 144 valence electrons. The molecular weight excluding hydrogens is 326 g/mol. The Labute approximate surface area is 157 Å². The Morgan fingerprint density at radius 2 is 1.88 bits per heavy atom. The smallest absolute Gasteiger partial charge is 0.227 e. The first-order valence-corrected chi connectivity index (χ1v) is 9.71. The second kappa shape index (κ2) is 9.06. The zero-order valence-electron chi connectivity index (χ0n) is 16.8. The van der Waals surface area contributed by atoms with Gasteiger partial charge in [-0.15, -0.1) is 0 Å². The third kappa shape index (κ3) is 4.99. The molecule has 0 aromatic heterocycles. The van der Waals surface area contributed by atoms with Crippen molar-refractivity contribution in [2.45, 2.75) is 65.5 Å².